The molecule has 0 aromatic carbocycles. The SMILES string of the molecule is CC(C)(C)N1CCC(=NN)CC1.CC(C)(C)OO.[HH]. The Kier molecular flexibility index (Phi) is 6.81. The molecule has 0 aliphatic carbocycles. The van der Waals surface area contributed by atoms with E-state index in [0.717, 1.165) is 31.6 Å². The van der Waals surface area contributed by atoms with Crippen molar-refractivity contribution in [2.75, 3.05) is 13.1 Å². The highest BCUT2D eigenvalue weighted by Gasteiger charge is 2.24. The fraction of sp³-hybridized carbons (Fsp3) is 0.923. The molecule has 5 nitrogen and oxygen atoms in total. The van der Waals surface area contributed by atoms with Gasteiger partial charge in [0.1, 0.15) is 0 Å². The van der Waals surface area contributed by atoms with Gasteiger partial charge in [-0.25, -0.2) is 4.89 Å². The predicted molar refractivity (Wildman–Crippen MR) is 77.8 cm³/mol. The van der Waals surface area contributed by atoms with Gasteiger partial charge in [0.25, 0.3) is 0 Å². The van der Waals surface area contributed by atoms with Gasteiger partial charge in [-0.1, -0.05) is 0 Å². The minimum absolute atomic E-state index is 0. The second-order valence-electron chi connectivity index (χ2n) is 6.56. The van der Waals surface area contributed by atoms with Crippen LogP contribution in [0.5, 0.6) is 0 Å². The number of hydrogen-bond acceptors (Lipinski definition) is 5. The molecule has 1 aliphatic heterocycles. The number of piperidine rings is 1. The molecule has 1 saturated heterocycles. The molecule has 5 heteroatoms. The summed E-state index contributed by atoms with van der Waals surface area (Å²) in [4.78, 5) is 6.41. The first-order valence-corrected chi connectivity index (χ1v) is 6.43. The highest BCUT2D eigenvalue weighted by Crippen LogP contribution is 2.18. The summed E-state index contributed by atoms with van der Waals surface area (Å²) in [7, 11) is 0. The van der Waals surface area contributed by atoms with Crippen molar-refractivity contribution < 1.29 is 11.6 Å². The number of nitrogens with two attached hydrogens (primary N) is 1. The van der Waals surface area contributed by atoms with Crippen LogP contribution in [0.4, 0.5) is 0 Å². The minimum Gasteiger partial charge on any atom is -0.323 e. The Morgan fingerprint density at radius 3 is 1.78 bits per heavy atom. The van der Waals surface area contributed by atoms with E-state index in [4.69, 9.17) is 11.1 Å². The van der Waals surface area contributed by atoms with Gasteiger partial charge in [-0.05, 0) is 41.5 Å². The van der Waals surface area contributed by atoms with Gasteiger partial charge in [-0.2, -0.15) is 5.10 Å². The molecule has 0 amide bonds. The average molecular weight is 261 g/mol. The van der Waals surface area contributed by atoms with Crippen molar-refractivity contribution in [2.45, 2.75) is 65.5 Å². The van der Waals surface area contributed by atoms with Gasteiger partial charge in [0, 0.05) is 38.6 Å². The molecule has 1 fully saturated rings. The minimum atomic E-state index is -0.403. The van der Waals surface area contributed by atoms with Crippen LogP contribution >= 0.6 is 0 Å². The van der Waals surface area contributed by atoms with Crippen molar-refractivity contribution in [2.24, 2.45) is 10.9 Å². The molecule has 3 N–H and O–H groups in total. The summed E-state index contributed by atoms with van der Waals surface area (Å²) in [6, 6.07) is 0. The van der Waals surface area contributed by atoms with E-state index < -0.39 is 5.60 Å². The Balaban J connectivity index is 0. The zero-order chi connectivity index (χ0) is 14.4. The molecule has 0 atom stereocenters. The molecule has 0 bridgehead atoms. The zero-order valence-electron chi connectivity index (χ0n) is 12.7. The molecule has 0 aromatic heterocycles. The Hall–Kier alpha value is -0.650. The quantitative estimate of drug-likeness (QED) is 0.399. The van der Waals surface area contributed by atoms with Gasteiger partial charge < -0.3 is 5.84 Å². The summed E-state index contributed by atoms with van der Waals surface area (Å²) < 4.78 is 0. The van der Waals surface area contributed by atoms with Crippen LogP contribution in [0.2, 0.25) is 0 Å². The van der Waals surface area contributed by atoms with E-state index in [1.165, 1.54) is 0 Å². The Bertz CT molecular complexity index is 260. The van der Waals surface area contributed by atoms with Gasteiger partial charge in [0.15, 0.2) is 0 Å². The lowest BCUT2D eigenvalue weighted by Crippen LogP contribution is -2.46. The van der Waals surface area contributed by atoms with E-state index in [0.29, 0.717) is 5.54 Å². The molecule has 1 heterocycles. The summed E-state index contributed by atoms with van der Waals surface area (Å²) in [5, 5.41) is 11.7. The van der Waals surface area contributed by atoms with Crippen LogP contribution in [0.25, 0.3) is 0 Å². The number of hydrogen-bond donors (Lipinski definition) is 2. The van der Waals surface area contributed by atoms with E-state index in [9.17, 15) is 0 Å². The second-order valence-corrected chi connectivity index (χ2v) is 6.56. The van der Waals surface area contributed by atoms with E-state index >= 15 is 0 Å². The molecule has 110 valence electrons. The highest BCUT2D eigenvalue weighted by atomic mass is 17.1. The van der Waals surface area contributed by atoms with Crippen LogP contribution in [0.1, 0.15) is 55.8 Å². The number of hydrazone groups is 1. The van der Waals surface area contributed by atoms with Crippen molar-refractivity contribution in [1.82, 2.24) is 4.90 Å². The topological polar surface area (TPSA) is 71.1 Å². The zero-order valence-corrected chi connectivity index (χ0v) is 12.7. The Morgan fingerprint density at radius 2 is 1.56 bits per heavy atom. The third-order valence-electron chi connectivity index (χ3n) is 2.75. The third-order valence-corrected chi connectivity index (χ3v) is 2.75. The van der Waals surface area contributed by atoms with Crippen molar-refractivity contribution in [3.8, 4) is 0 Å². The van der Waals surface area contributed by atoms with Crippen LogP contribution in [-0.4, -0.2) is 40.1 Å². The number of nitrogens with zero attached hydrogens (tertiary/aromatic N) is 2. The Labute approximate surface area is 112 Å². The molecule has 0 radical (unpaired) electrons. The van der Waals surface area contributed by atoms with Crippen LogP contribution in [0.3, 0.4) is 0 Å². The lowest BCUT2D eigenvalue weighted by Gasteiger charge is -2.38. The van der Waals surface area contributed by atoms with Crippen LogP contribution in [-0.2, 0) is 4.89 Å². The van der Waals surface area contributed by atoms with E-state index in [2.05, 4.69) is 35.7 Å². The third kappa shape index (κ3) is 7.63. The monoisotopic (exact) mass is 261 g/mol. The predicted octanol–water partition coefficient (Wildman–Crippen LogP) is 2.72. The van der Waals surface area contributed by atoms with Crippen LogP contribution < -0.4 is 5.84 Å². The molecular formula is C13H31N3O2. The lowest BCUT2D eigenvalue weighted by molar-refractivity contribution is -0.306. The number of rotatable bonds is 0. The first kappa shape index (κ1) is 17.4. The first-order chi connectivity index (χ1) is 8.10. The second kappa shape index (κ2) is 7.07. The van der Waals surface area contributed by atoms with Gasteiger partial charge in [0.2, 0.25) is 0 Å². The summed E-state index contributed by atoms with van der Waals surface area (Å²) in [5.41, 5.74) is 1.05. The molecule has 1 aliphatic rings. The summed E-state index contributed by atoms with van der Waals surface area (Å²) in [6.45, 7) is 14.2. The maximum atomic E-state index is 7.90. The van der Waals surface area contributed by atoms with Crippen LogP contribution in [0.15, 0.2) is 5.10 Å². The fourth-order valence-electron chi connectivity index (χ4n) is 1.56. The fourth-order valence-corrected chi connectivity index (χ4v) is 1.56. The van der Waals surface area contributed by atoms with Gasteiger partial charge >= 0.3 is 0 Å². The van der Waals surface area contributed by atoms with E-state index in [-0.39, 0.29) is 1.43 Å². The van der Waals surface area contributed by atoms with Gasteiger partial charge in [-0.3, -0.25) is 10.2 Å². The summed E-state index contributed by atoms with van der Waals surface area (Å²) >= 11 is 0. The molecule has 0 unspecified atom stereocenters. The molecule has 18 heavy (non-hydrogen) atoms. The molecule has 0 saturated carbocycles. The highest BCUT2D eigenvalue weighted by molar-refractivity contribution is 5.85. The van der Waals surface area contributed by atoms with Gasteiger partial charge in [0.05, 0.1) is 5.60 Å². The molecule has 1 rings (SSSR count). The normalized spacial score (nSPS) is 18.1. The average Bonchev–Trinajstić information content (AvgIpc) is 2.28. The summed E-state index contributed by atoms with van der Waals surface area (Å²) in [5.74, 6) is 5.23. The van der Waals surface area contributed by atoms with Crippen molar-refractivity contribution in [3.05, 3.63) is 0 Å². The van der Waals surface area contributed by atoms with Crippen molar-refractivity contribution in [1.29, 1.82) is 0 Å². The van der Waals surface area contributed by atoms with Gasteiger partial charge in [-0.15, -0.1) is 0 Å². The van der Waals surface area contributed by atoms with E-state index in [1.54, 1.807) is 20.8 Å². The van der Waals surface area contributed by atoms with Crippen molar-refractivity contribution >= 4 is 5.71 Å². The summed E-state index contributed by atoms with van der Waals surface area (Å²) in [6.07, 6.45) is 2.07. The van der Waals surface area contributed by atoms with Crippen LogP contribution in [0, 0.1) is 0 Å². The smallest absolute Gasteiger partial charge is 0.0949 e. The maximum Gasteiger partial charge on any atom is 0.0949 e. The molecule has 0 spiro atoms. The van der Waals surface area contributed by atoms with E-state index in [1.807, 2.05) is 0 Å². The molecule has 0 aromatic rings. The number of likely N-dealkylation sites (tertiary alicyclic amines) is 1. The lowest BCUT2D eigenvalue weighted by atomic mass is 10.0. The maximum absolute atomic E-state index is 7.90. The largest absolute Gasteiger partial charge is 0.323 e. The van der Waals surface area contributed by atoms with Crippen molar-refractivity contribution in [3.63, 3.8) is 0 Å². The Morgan fingerprint density at radius 1 is 1.17 bits per heavy atom. The first-order valence-electron chi connectivity index (χ1n) is 6.43. The standard InChI is InChI=1S/C9H19N3.C4H10O2.H2/c1-9(2,3)12-6-4-8(11-10)5-7-12;1-4(2,3)6-5;/h4-7,10H2,1-3H3;5H,1-3H3;1H. The molecular weight excluding hydrogens is 230 g/mol.